The number of fused-ring (bicyclic) bond motifs is 2. The van der Waals surface area contributed by atoms with Gasteiger partial charge in [-0.15, -0.1) is 0 Å². The highest BCUT2D eigenvalue weighted by Gasteiger charge is 2.20. The van der Waals surface area contributed by atoms with Crippen LogP contribution in [0.1, 0.15) is 34.3 Å². The van der Waals surface area contributed by atoms with Crippen LogP contribution in [0.2, 0.25) is 0 Å². The standard InChI is InChI=1S/C25H25N5O3/c1-3-32-25(31)19-6-7-20-14-30(15-21(20)12-19)11-10-27-24-22-13-18(23-28-16(2)33-29-23)5-4-17(22)8-9-26-24/h4-9,12-13H,3,10-11,14-15H2,1-2H3,(H,26,27). The van der Waals surface area contributed by atoms with E-state index in [1.54, 1.807) is 6.92 Å². The van der Waals surface area contributed by atoms with E-state index < -0.39 is 0 Å². The maximum absolute atomic E-state index is 12.0. The molecule has 0 saturated carbocycles. The average Bonchev–Trinajstić information content (AvgIpc) is 3.44. The molecule has 4 aromatic rings. The van der Waals surface area contributed by atoms with Gasteiger partial charge in [0.15, 0.2) is 0 Å². The monoisotopic (exact) mass is 443 g/mol. The lowest BCUT2D eigenvalue weighted by Crippen LogP contribution is -2.24. The number of aromatic nitrogens is 3. The number of anilines is 1. The van der Waals surface area contributed by atoms with Crippen molar-refractivity contribution in [2.75, 3.05) is 25.0 Å². The molecule has 8 nitrogen and oxygen atoms in total. The third kappa shape index (κ3) is 4.42. The molecular formula is C25H25N5O3. The zero-order valence-electron chi connectivity index (χ0n) is 18.7. The molecule has 0 radical (unpaired) electrons. The van der Waals surface area contributed by atoms with Crippen molar-refractivity contribution in [1.82, 2.24) is 20.0 Å². The smallest absolute Gasteiger partial charge is 0.338 e. The van der Waals surface area contributed by atoms with Gasteiger partial charge in [0, 0.05) is 50.2 Å². The fourth-order valence-electron chi connectivity index (χ4n) is 4.16. The summed E-state index contributed by atoms with van der Waals surface area (Å²) in [6, 6.07) is 13.9. The van der Waals surface area contributed by atoms with E-state index >= 15 is 0 Å². The Morgan fingerprint density at radius 1 is 1.15 bits per heavy atom. The van der Waals surface area contributed by atoms with Gasteiger partial charge in [0.2, 0.25) is 11.7 Å². The molecule has 5 rings (SSSR count). The molecule has 0 amide bonds. The molecular weight excluding hydrogens is 418 g/mol. The molecule has 1 aliphatic rings. The van der Waals surface area contributed by atoms with E-state index in [0.717, 1.165) is 48.3 Å². The summed E-state index contributed by atoms with van der Waals surface area (Å²) >= 11 is 0. The zero-order valence-corrected chi connectivity index (χ0v) is 18.7. The summed E-state index contributed by atoms with van der Waals surface area (Å²) in [6.45, 7) is 7.25. The van der Waals surface area contributed by atoms with Crippen molar-refractivity contribution in [3.63, 3.8) is 0 Å². The second-order valence-corrected chi connectivity index (χ2v) is 8.07. The number of ether oxygens (including phenoxy) is 1. The van der Waals surface area contributed by atoms with Gasteiger partial charge < -0.3 is 14.6 Å². The number of nitrogens with zero attached hydrogens (tertiary/aromatic N) is 4. The van der Waals surface area contributed by atoms with Crippen molar-refractivity contribution < 1.29 is 14.1 Å². The molecule has 0 bridgehead atoms. The second kappa shape index (κ2) is 8.99. The first kappa shape index (κ1) is 21.1. The van der Waals surface area contributed by atoms with Crippen molar-refractivity contribution in [2.24, 2.45) is 0 Å². The van der Waals surface area contributed by atoms with Crippen LogP contribution in [0, 0.1) is 6.92 Å². The number of nitrogens with one attached hydrogen (secondary N) is 1. The molecule has 8 heteroatoms. The van der Waals surface area contributed by atoms with E-state index in [0.29, 0.717) is 23.9 Å². The van der Waals surface area contributed by atoms with Crippen LogP contribution in [-0.2, 0) is 17.8 Å². The molecule has 3 heterocycles. The van der Waals surface area contributed by atoms with Crippen LogP contribution in [0.5, 0.6) is 0 Å². The summed E-state index contributed by atoms with van der Waals surface area (Å²) in [6.07, 6.45) is 1.81. The van der Waals surface area contributed by atoms with E-state index in [2.05, 4.69) is 25.3 Å². The molecule has 0 fully saturated rings. The third-order valence-electron chi connectivity index (χ3n) is 5.78. The fourth-order valence-corrected chi connectivity index (χ4v) is 4.16. The van der Waals surface area contributed by atoms with Crippen LogP contribution in [0.15, 0.2) is 53.2 Å². The minimum absolute atomic E-state index is 0.266. The minimum atomic E-state index is -0.266. The minimum Gasteiger partial charge on any atom is -0.462 e. The molecule has 0 saturated heterocycles. The largest absolute Gasteiger partial charge is 0.462 e. The first-order chi connectivity index (χ1) is 16.1. The highest BCUT2D eigenvalue weighted by Crippen LogP contribution is 2.27. The SMILES string of the molecule is CCOC(=O)c1ccc2c(c1)CN(CCNc1nccc3ccc(-c4noc(C)n4)cc13)C2. The van der Waals surface area contributed by atoms with Gasteiger partial charge in [-0.05, 0) is 47.7 Å². The van der Waals surface area contributed by atoms with Crippen LogP contribution in [-0.4, -0.2) is 45.7 Å². The second-order valence-electron chi connectivity index (χ2n) is 8.07. The molecule has 168 valence electrons. The highest BCUT2D eigenvalue weighted by molar-refractivity contribution is 5.94. The van der Waals surface area contributed by atoms with E-state index in [-0.39, 0.29) is 5.97 Å². The van der Waals surface area contributed by atoms with Crippen molar-refractivity contribution in [3.05, 3.63) is 71.2 Å². The molecule has 0 atom stereocenters. The van der Waals surface area contributed by atoms with Gasteiger partial charge in [0.25, 0.3) is 0 Å². The summed E-state index contributed by atoms with van der Waals surface area (Å²) in [7, 11) is 0. The lowest BCUT2D eigenvalue weighted by Gasteiger charge is -2.16. The fraction of sp³-hybridized carbons (Fsp3) is 0.280. The van der Waals surface area contributed by atoms with Crippen LogP contribution in [0.4, 0.5) is 5.82 Å². The van der Waals surface area contributed by atoms with Crippen molar-refractivity contribution in [2.45, 2.75) is 26.9 Å². The van der Waals surface area contributed by atoms with E-state index in [9.17, 15) is 4.79 Å². The van der Waals surface area contributed by atoms with Gasteiger partial charge in [-0.2, -0.15) is 4.98 Å². The van der Waals surface area contributed by atoms with Crippen molar-refractivity contribution in [3.8, 4) is 11.4 Å². The summed E-state index contributed by atoms with van der Waals surface area (Å²) in [4.78, 5) is 23.2. The first-order valence-corrected chi connectivity index (χ1v) is 11.1. The predicted molar refractivity (Wildman–Crippen MR) is 125 cm³/mol. The Morgan fingerprint density at radius 3 is 2.85 bits per heavy atom. The third-order valence-corrected chi connectivity index (χ3v) is 5.78. The predicted octanol–water partition coefficient (Wildman–Crippen LogP) is 4.20. The molecule has 0 unspecified atom stereocenters. The topological polar surface area (TPSA) is 93.4 Å². The Morgan fingerprint density at radius 2 is 2.03 bits per heavy atom. The summed E-state index contributed by atoms with van der Waals surface area (Å²) < 4.78 is 10.2. The number of hydrogen-bond acceptors (Lipinski definition) is 8. The van der Waals surface area contributed by atoms with Crippen LogP contribution < -0.4 is 5.32 Å². The number of rotatable bonds is 7. The molecule has 0 aliphatic carbocycles. The number of carbonyl (C=O) groups excluding carboxylic acids is 1. The number of aryl methyl sites for hydroxylation is 1. The molecule has 2 aromatic heterocycles. The van der Waals surface area contributed by atoms with Gasteiger partial charge >= 0.3 is 5.97 Å². The van der Waals surface area contributed by atoms with Crippen LogP contribution in [0.3, 0.4) is 0 Å². The first-order valence-electron chi connectivity index (χ1n) is 11.1. The lowest BCUT2D eigenvalue weighted by molar-refractivity contribution is 0.0526. The van der Waals surface area contributed by atoms with E-state index in [4.69, 9.17) is 9.26 Å². The number of esters is 1. The van der Waals surface area contributed by atoms with Gasteiger partial charge in [-0.3, -0.25) is 4.90 Å². The van der Waals surface area contributed by atoms with Gasteiger partial charge in [0.1, 0.15) is 5.82 Å². The quantitative estimate of drug-likeness (QED) is 0.425. The average molecular weight is 444 g/mol. The number of carbonyl (C=O) groups is 1. The van der Waals surface area contributed by atoms with Crippen LogP contribution >= 0.6 is 0 Å². The Kier molecular flexibility index (Phi) is 5.75. The molecule has 0 spiro atoms. The Hall–Kier alpha value is -3.78. The van der Waals surface area contributed by atoms with E-state index in [1.165, 1.54) is 11.1 Å². The van der Waals surface area contributed by atoms with Crippen molar-refractivity contribution >= 4 is 22.6 Å². The lowest BCUT2D eigenvalue weighted by atomic mass is 10.1. The summed E-state index contributed by atoms with van der Waals surface area (Å²) in [5.74, 6) is 1.67. The number of hydrogen-bond donors (Lipinski definition) is 1. The van der Waals surface area contributed by atoms with Crippen LogP contribution in [0.25, 0.3) is 22.2 Å². The van der Waals surface area contributed by atoms with Gasteiger partial charge in [-0.25, -0.2) is 9.78 Å². The highest BCUT2D eigenvalue weighted by atomic mass is 16.5. The summed E-state index contributed by atoms with van der Waals surface area (Å²) in [5, 5.41) is 9.61. The molecule has 1 aliphatic heterocycles. The Balaban J connectivity index is 1.25. The molecule has 33 heavy (non-hydrogen) atoms. The molecule has 1 N–H and O–H groups in total. The Bertz CT molecular complexity index is 1320. The van der Waals surface area contributed by atoms with Gasteiger partial charge in [0.05, 0.1) is 12.2 Å². The maximum Gasteiger partial charge on any atom is 0.338 e. The molecule has 2 aromatic carbocycles. The number of benzene rings is 2. The summed E-state index contributed by atoms with van der Waals surface area (Å²) in [5.41, 5.74) is 3.95. The zero-order chi connectivity index (χ0) is 22.8. The number of pyridine rings is 1. The normalized spacial score (nSPS) is 13.3. The Labute approximate surface area is 191 Å². The van der Waals surface area contributed by atoms with Gasteiger partial charge in [-0.1, -0.05) is 23.4 Å². The van der Waals surface area contributed by atoms with Crippen molar-refractivity contribution in [1.29, 1.82) is 0 Å². The van der Waals surface area contributed by atoms with E-state index in [1.807, 2.05) is 55.6 Å². The maximum atomic E-state index is 12.0.